The molecule has 2 aromatic carbocycles. The summed E-state index contributed by atoms with van der Waals surface area (Å²) in [6.07, 6.45) is 3.22. The largest absolute Gasteiger partial charge is 0.378 e. The van der Waals surface area contributed by atoms with E-state index < -0.39 is 0 Å². The van der Waals surface area contributed by atoms with Crippen molar-refractivity contribution in [3.8, 4) is 0 Å². The van der Waals surface area contributed by atoms with E-state index in [1.54, 1.807) is 36.4 Å². The Labute approximate surface area is 191 Å². The Kier molecular flexibility index (Phi) is 6.89. The van der Waals surface area contributed by atoms with Gasteiger partial charge in [-0.15, -0.1) is 0 Å². The van der Waals surface area contributed by atoms with Gasteiger partial charge >= 0.3 is 0 Å². The number of anilines is 1. The number of nitrogens with zero attached hydrogens (tertiary/aromatic N) is 2. The molecule has 0 aromatic heterocycles. The first-order chi connectivity index (χ1) is 15.4. The Morgan fingerprint density at radius 2 is 1.84 bits per heavy atom. The molecular formula is C24H25ClFN3O3. The number of fused-ring (bicyclic) bond motifs is 2. The van der Waals surface area contributed by atoms with E-state index in [1.807, 2.05) is 4.90 Å². The van der Waals surface area contributed by atoms with Gasteiger partial charge < -0.3 is 15.0 Å². The molecule has 2 bridgehead atoms. The average Bonchev–Trinajstić information content (AvgIpc) is 2.74. The number of halogens is 2. The summed E-state index contributed by atoms with van der Waals surface area (Å²) in [5, 5.41) is 3.24. The summed E-state index contributed by atoms with van der Waals surface area (Å²) < 4.78 is 19.0. The molecule has 2 fully saturated rings. The summed E-state index contributed by atoms with van der Waals surface area (Å²) in [6.45, 7) is 4.33. The molecule has 2 aliphatic rings. The van der Waals surface area contributed by atoms with E-state index in [9.17, 15) is 14.0 Å². The van der Waals surface area contributed by atoms with Crippen molar-refractivity contribution in [1.29, 1.82) is 0 Å². The minimum Gasteiger partial charge on any atom is -0.378 e. The zero-order valence-electron chi connectivity index (χ0n) is 17.8. The zero-order chi connectivity index (χ0) is 22.7. The standard InChI is InChI=1S/C24H25ClFN3O3/c1-16(30)27-23-10-19(25)6-4-18(23)5-9-24(31)28-12-21-14-32-15-22(13-28)29(21)11-17-2-7-20(26)8-3-17/h2-10,21-22H,11-15H2,1H3,(H,27,30)/b9-5+. The van der Waals surface area contributed by atoms with Crippen molar-refractivity contribution in [2.75, 3.05) is 31.6 Å². The number of morpholine rings is 1. The number of carbonyl (C=O) groups excluding carboxylic acids is 2. The van der Waals surface area contributed by atoms with Crippen molar-refractivity contribution in [1.82, 2.24) is 9.80 Å². The monoisotopic (exact) mass is 457 g/mol. The highest BCUT2D eigenvalue weighted by Crippen LogP contribution is 2.25. The third-order valence-electron chi connectivity index (χ3n) is 5.74. The first-order valence-corrected chi connectivity index (χ1v) is 10.9. The van der Waals surface area contributed by atoms with Crippen LogP contribution in [0.5, 0.6) is 0 Å². The summed E-state index contributed by atoms with van der Waals surface area (Å²) in [7, 11) is 0. The van der Waals surface area contributed by atoms with E-state index in [1.165, 1.54) is 25.1 Å². The molecule has 2 amide bonds. The Morgan fingerprint density at radius 3 is 2.50 bits per heavy atom. The van der Waals surface area contributed by atoms with Crippen LogP contribution < -0.4 is 5.32 Å². The minimum atomic E-state index is -0.248. The molecule has 168 valence electrons. The first kappa shape index (κ1) is 22.5. The zero-order valence-corrected chi connectivity index (χ0v) is 18.5. The van der Waals surface area contributed by atoms with Gasteiger partial charge in [-0.2, -0.15) is 0 Å². The maximum Gasteiger partial charge on any atom is 0.246 e. The molecule has 2 saturated heterocycles. The van der Waals surface area contributed by atoms with Crippen molar-refractivity contribution < 1.29 is 18.7 Å². The van der Waals surface area contributed by atoms with Gasteiger partial charge in [0.25, 0.3) is 0 Å². The molecule has 32 heavy (non-hydrogen) atoms. The SMILES string of the molecule is CC(=O)Nc1cc(Cl)ccc1/C=C/C(=O)N1CC2COCC(C1)N2Cc1ccc(F)cc1. The van der Waals surface area contributed by atoms with Crippen LogP contribution >= 0.6 is 11.6 Å². The molecule has 0 saturated carbocycles. The van der Waals surface area contributed by atoms with Gasteiger partial charge in [-0.1, -0.05) is 29.8 Å². The Balaban J connectivity index is 1.44. The second-order valence-electron chi connectivity index (χ2n) is 8.13. The van der Waals surface area contributed by atoms with Crippen LogP contribution in [0.4, 0.5) is 10.1 Å². The second kappa shape index (κ2) is 9.81. The smallest absolute Gasteiger partial charge is 0.246 e. The Hall–Kier alpha value is -2.74. The van der Waals surface area contributed by atoms with Crippen LogP contribution in [0, 0.1) is 5.82 Å². The molecule has 2 aliphatic heterocycles. The third kappa shape index (κ3) is 5.35. The number of carbonyl (C=O) groups is 2. The molecule has 0 radical (unpaired) electrons. The lowest BCUT2D eigenvalue weighted by Crippen LogP contribution is -2.64. The lowest BCUT2D eigenvalue weighted by molar-refractivity contribution is -0.141. The highest BCUT2D eigenvalue weighted by Gasteiger charge is 2.39. The number of nitrogens with one attached hydrogen (secondary N) is 1. The summed E-state index contributed by atoms with van der Waals surface area (Å²) in [6, 6.07) is 11.8. The van der Waals surface area contributed by atoms with Gasteiger partial charge in [0, 0.05) is 43.3 Å². The number of ether oxygens (including phenoxy) is 1. The van der Waals surface area contributed by atoms with E-state index in [-0.39, 0.29) is 29.7 Å². The normalized spacial score (nSPS) is 21.0. The van der Waals surface area contributed by atoms with E-state index in [2.05, 4.69) is 10.2 Å². The van der Waals surface area contributed by atoms with Crippen LogP contribution in [0.25, 0.3) is 6.08 Å². The first-order valence-electron chi connectivity index (χ1n) is 10.5. The van der Waals surface area contributed by atoms with Crippen molar-refractivity contribution >= 4 is 35.2 Å². The minimum absolute atomic E-state index is 0.0791. The number of hydrogen-bond acceptors (Lipinski definition) is 4. The van der Waals surface area contributed by atoms with Crippen LogP contribution in [0.1, 0.15) is 18.1 Å². The molecule has 2 atom stereocenters. The predicted octanol–water partition coefficient (Wildman–Crippen LogP) is 3.56. The van der Waals surface area contributed by atoms with Crippen LogP contribution in [-0.2, 0) is 20.9 Å². The summed E-state index contributed by atoms with van der Waals surface area (Å²) in [5.74, 6) is -0.549. The molecular weight excluding hydrogens is 433 g/mol. The van der Waals surface area contributed by atoms with Gasteiger partial charge in [0.2, 0.25) is 11.8 Å². The quantitative estimate of drug-likeness (QED) is 0.697. The van der Waals surface area contributed by atoms with Crippen LogP contribution in [-0.4, -0.2) is 60.0 Å². The number of hydrogen-bond donors (Lipinski definition) is 1. The molecule has 2 unspecified atom stereocenters. The van der Waals surface area contributed by atoms with E-state index in [4.69, 9.17) is 16.3 Å². The van der Waals surface area contributed by atoms with Gasteiger partial charge in [-0.25, -0.2) is 4.39 Å². The van der Waals surface area contributed by atoms with Crippen LogP contribution in [0.2, 0.25) is 5.02 Å². The topological polar surface area (TPSA) is 61.9 Å². The van der Waals surface area contributed by atoms with Gasteiger partial charge in [-0.05, 0) is 41.5 Å². The maximum atomic E-state index is 13.2. The van der Waals surface area contributed by atoms with Gasteiger partial charge in [0.05, 0.1) is 25.3 Å². The van der Waals surface area contributed by atoms with Crippen molar-refractivity contribution in [3.63, 3.8) is 0 Å². The lowest BCUT2D eigenvalue weighted by atomic mass is 10.0. The third-order valence-corrected chi connectivity index (χ3v) is 5.98. The highest BCUT2D eigenvalue weighted by molar-refractivity contribution is 6.31. The van der Waals surface area contributed by atoms with Gasteiger partial charge in [0.1, 0.15) is 5.82 Å². The van der Waals surface area contributed by atoms with E-state index in [0.29, 0.717) is 49.1 Å². The van der Waals surface area contributed by atoms with E-state index in [0.717, 1.165) is 5.56 Å². The Morgan fingerprint density at radius 1 is 1.16 bits per heavy atom. The van der Waals surface area contributed by atoms with E-state index >= 15 is 0 Å². The molecule has 8 heteroatoms. The van der Waals surface area contributed by atoms with Gasteiger partial charge in [-0.3, -0.25) is 14.5 Å². The van der Waals surface area contributed by atoms with Crippen LogP contribution in [0.3, 0.4) is 0 Å². The van der Waals surface area contributed by atoms with Crippen molar-refractivity contribution in [2.24, 2.45) is 0 Å². The Bertz CT molecular complexity index is 1010. The number of piperazine rings is 1. The maximum absolute atomic E-state index is 13.2. The summed E-state index contributed by atoms with van der Waals surface area (Å²) in [4.78, 5) is 28.6. The molecule has 2 aromatic rings. The number of benzene rings is 2. The molecule has 1 N–H and O–H groups in total. The van der Waals surface area contributed by atoms with Crippen molar-refractivity contribution in [2.45, 2.75) is 25.6 Å². The molecule has 0 spiro atoms. The molecule has 4 rings (SSSR count). The fraction of sp³-hybridized carbons (Fsp3) is 0.333. The van der Waals surface area contributed by atoms with Gasteiger partial charge in [0.15, 0.2) is 0 Å². The molecule has 6 nitrogen and oxygen atoms in total. The number of rotatable bonds is 5. The highest BCUT2D eigenvalue weighted by atomic mass is 35.5. The van der Waals surface area contributed by atoms with Crippen LogP contribution in [0.15, 0.2) is 48.5 Å². The summed E-state index contributed by atoms with van der Waals surface area (Å²) >= 11 is 6.03. The summed E-state index contributed by atoms with van der Waals surface area (Å²) in [5.41, 5.74) is 2.30. The molecule has 0 aliphatic carbocycles. The second-order valence-corrected chi connectivity index (χ2v) is 8.57. The predicted molar refractivity (Wildman–Crippen MR) is 122 cm³/mol. The fourth-order valence-electron chi connectivity index (χ4n) is 4.21. The average molecular weight is 458 g/mol. The molecule has 2 heterocycles. The lowest BCUT2D eigenvalue weighted by Gasteiger charge is -2.49. The number of amides is 2. The fourth-order valence-corrected chi connectivity index (χ4v) is 4.38. The van der Waals surface area contributed by atoms with Crippen molar-refractivity contribution in [3.05, 3.63) is 70.5 Å².